The number of hydrogen-bond donors (Lipinski definition) is 4. The molecule has 0 aliphatic carbocycles. The minimum absolute atomic E-state index is 0.0479. The van der Waals surface area contributed by atoms with Gasteiger partial charge in [-0.1, -0.05) is 19.9 Å². The Kier molecular flexibility index (Phi) is 4.97. The highest BCUT2D eigenvalue weighted by atomic mass is 16.3. The lowest BCUT2D eigenvalue weighted by atomic mass is 10.0. The second kappa shape index (κ2) is 6.26. The van der Waals surface area contributed by atoms with Crippen LogP contribution < -0.4 is 11.1 Å². The minimum Gasteiger partial charge on any atom is -0.504 e. The standard InChI is InChI=1S/C13H20N2O3/c1-8(2)6-9(14)7-15-13(18)10-4-3-5-11(16)12(10)17/h3-5,8-9,16-17H,6-7,14H2,1-2H3,(H,15,18). The van der Waals surface area contributed by atoms with Gasteiger partial charge in [-0.05, 0) is 24.5 Å². The van der Waals surface area contributed by atoms with Gasteiger partial charge in [-0.25, -0.2) is 0 Å². The fourth-order valence-electron chi connectivity index (χ4n) is 1.72. The average Bonchev–Trinajstić information content (AvgIpc) is 2.29. The molecule has 5 heteroatoms. The van der Waals surface area contributed by atoms with Gasteiger partial charge in [0.05, 0.1) is 5.56 Å². The van der Waals surface area contributed by atoms with Gasteiger partial charge in [0.15, 0.2) is 11.5 Å². The lowest BCUT2D eigenvalue weighted by molar-refractivity contribution is 0.0946. The van der Waals surface area contributed by atoms with Crippen molar-refractivity contribution in [2.45, 2.75) is 26.3 Å². The van der Waals surface area contributed by atoms with Gasteiger partial charge in [0.2, 0.25) is 0 Å². The Morgan fingerprint density at radius 2 is 2.06 bits per heavy atom. The number of nitrogens with one attached hydrogen (secondary N) is 1. The van der Waals surface area contributed by atoms with Crippen molar-refractivity contribution in [1.29, 1.82) is 0 Å². The maximum absolute atomic E-state index is 11.8. The first-order chi connectivity index (χ1) is 8.41. The highest BCUT2D eigenvalue weighted by Gasteiger charge is 2.14. The van der Waals surface area contributed by atoms with Crippen molar-refractivity contribution in [3.63, 3.8) is 0 Å². The topological polar surface area (TPSA) is 95.6 Å². The summed E-state index contributed by atoms with van der Waals surface area (Å²) in [5.74, 6) is -0.699. The lowest BCUT2D eigenvalue weighted by Crippen LogP contribution is -2.38. The number of carbonyl (C=O) groups is 1. The van der Waals surface area contributed by atoms with Crippen molar-refractivity contribution in [1.82, 2.24) is 5.32 Å². The van der Waals surface area contributed by atoms with Gasteiger partial charge >= 0.3 is 0 Å². The molecule has 0 bridgehead atoms. The third kappa shape index (κ3) is 3.92. The van der Waals surface area contributed by atoms with Crippen molar-refractivity contribution in [2.24, 2.45) is 11.7 Å². The number of nitrogens with two attached hydrogens (primary N) is 1. The molecule has 0 aromatic heterocycles. The second-order valence-corrected chi connectivity index (χ2v) is 4.77. The summed E-state index contributed by atoms with van der Waals surface area (Å²) in [6.07, 6.45) is 0.812. The number of aromatic hydroxyl groups is 2. The number of rotatable bonds is 5. The Bertz CT molecular complexity index is 419. The van der Waals surface area contributed by atoms with Gasteiger partial charge in [-0.15, -0.1) is 0 Å². The molecule has 0 aliphatic heterocycles. The summed E-state index contributed by atoms with van der Waals surface area (Å²) in [5, 5.41) is 21.5. The molecular formula is C13H20N2O3. The van der Waals surface area contributed by atoms with Crippen molar-refractivity contribution in [3.05, 3.63) is 23.8 Å². The van der Waals surface area contributed by atoms with Gasteiger partial charge in [-0.2, -0.15) is 0 Å². The molecule has 0 saturated heterocycles. The fourth-order valence-corrected chi connectivity index (χ4v) is 1.72. The summed E-state index contributed by atoms with van der Waals surface area (Å²) in [5.41, 5.74) is 5.89. The molecule has 1 unspecified atom stereocenters. The van der Waals surface area contributed by atoms with Gasteiger partial charge in [-0.3, -0.25) is 4.79 Å². The Balaban J connectivity index is 2.58. The van der Waals surface area contributed by atoms with E-state index >= 15 is 0 Å². The summed E-state index contributed by atoms with van der Waals surface area (Å²) in [6.45, 7) is 4.46. The van der Waals surface area contributed by atoms with E-state index in [1.54, 1.807) is 0 Å². The van der Waals surface area contributed by atoms with Crippen LogP contribution in [0.2, 0.25) is 0 Å². The largest absolute Gasteiger partial charge is 0.504 e. The van der Waals surface area contributed by atoms with Gasteiger partial charge in [0, 0.05) is 12.6 Å². The van der Waals surface area contributed by atoms with E-state index < -0.39 is 11.7 Å². The van der Waals surface area contributed by atoms with Crippen LogP contribution in [0.3, 0.4) is 0 Å². The monoisotopic (exact) mass is 252 g/mol. The molecule has 0 saturated carbocycles. The van der Waals surface area contributed by atoms with Crippen LogP contribution in [-0.4, -0.2) is 28.7 Å². The number of benzene rings is 1. The normalized spacial score (nSPS) is 12.4. The lowest BCUT2D eigenvalue weighted by Gasteiger charge is -2.15. The molecule has 5 nitrogen and oxygen atoms in total. The number of phenolic OH excluding ortho intramolecular Hbond substituents is 2. The van der Waals surface area contributed by atoms with E-state index in [4.69, 9.17) is 5.73 Å². The van der Waals surface area contributed by atoms with Gasteiger partial charge < -0.3 is 21.3 Å². The number of phenols is 2. The van der Waals surface area contributed by atoms with Crippen molar-refractivity contribution >= 4 is 5.91 Å². The predicted molar refractivity (Wildman–Crippen MR) is 69.5 cm³/mol. The zero-order valence-electron chi connectivity index (χ0n) is 10.7. The summed E-state index contributed by atoms with van der Waals surface area (Å²) in [7, 11) is 0. The van der Waals surface area contributed by atoms with E-state index in [9.17, 15) is 15.0 Å². The van der Waals surface area contributed by atoms with Crippen molar-refractivity contribution in [3.8, 4) is 11.5 Å². The Morgan fingerprint density at radius 1 is 1.39 bits per heavy atom. The maximum Gasteiger partial charge on any atom is 0.255 e. The first-order valence-corrected chi connectivity index (χ1v) is 5.96. The number of carbonyl (C=O) groups excluding carboxylic acids is 1. The number of hydrogen-bond acceptors (Lipinski definition) is 4. The zero-order valence-corrected chi connectivity index (χ0v) is 10.7. The van der Waals surface area contributed by atoms with E-state index in [1.807, 2.05) is 0 Å². The highest BCUT2D eigenvalue weighted by molar-refractivity contribution is 5.97. The van der Waals surface area contributed by atoms with E-state index in [-0.39, 0.29) is 17.4 Å². The molecule has 18 heavy (non-hydrogen) atoms. The molecule has 1 rings (SSSR count). The van der Waals surface area contributed by atoms with E-state index in [0.29, 0.717) is 12.5 Å². The summed E-state index contributed by atoms with van der Waals surface area (Å²) in [6, 6.07) is 4.14. The molecule has 1 aromatic carbocycles. The average molecular weight is 252 g/mol. The molecule has 0 radical (unpaired) electrons. The van der Waals surface area contributed by atoms with Crippen LogP contribution in [0, 0.1) is 5.92 Å². The summed E-state index contributed by atoms with van der Waals surface area (Å²) in [4.78, 5) is 11.8. The first kappa shape index (κ1) is 14.3. The Labute approximate surface area is 107 Å². The predicted octanol–water partition coefficient (Wildman–Crippen LogP) is 1.20. The third-order valence-electron chi connectivity index (χ3n) is 2.56. The second-order valence-electron chi connectivity index (χ2n) is 4.77. The molecule has 0 heterocycles. The van der Waals surface area contributed by atoms with Crippen LogP contribution in [0.1, 0.15) is 30.6 Å². The zero-order chi connectivity index (χ0) is 13.7. The van der Waals surface area contributed by atoms with Crippen molar-refractivity contribution in [2.75, 3.05) is 6.54 Å². The van der Waals surface area contributed by atoms with Crippen molar-refractivity contribution < 1.29 is 15.0 Å². The molecule has 5 N–H and O–H groups in total. The fraction of sp³-hybridized carbons (Fsp3) is 0.462. The summed E-state index contributed by atoms with van der Waals surface area (Å²) >= 11 is 0. The molecule has 0 fully saturated rings. The number of para-hydroxylation sites is 1. The number of amides is 1. The van der Waals surface area contributed by atoms with Crippen LogP contribution in [-0.2, 0) is 0 Å². The van der Waals surface area contributed by atoms with E-state index in [0.717, 1.165) is 6.42 Å². The molecule has 0 aliphatic rings. The summed E-state index contributed by atoms with van der Waals surface area (Å²) < 4.78 is 0. The SMILES string of the molecule is CC(C)CC(N)CNC(=O)c1cccc(O)c1O. The minimum atomic E-state index is -0.442. The molecule has 1 amide bonds. The molecule has 0 spiro atoms. The molecule has 100 valence electrons. The van der Waals surface area contributed by atoms with Crippen LogP contribution in [0.15, 0.2) is 18.2 Å². The first-order valence-electron chi connectivity index (χ1n) is 5.96. The smallest absolute Gasteiger partial charge is 0.255 e. The van der Waals surface area contributed by atoms with Crippen LogP contribution in [0.4, 0.5) is 0 Å². The quantitative estimate of drug-likeness (QED) is 0.592. The molecule has 1 atom stereocenters. The molecule has 1 aromatic rings. The van der Waals surface area contributed by atoms with E-state index in [2.05, 4.69) is 19.2 Å². The third-order valence-corrected chi connectivity index (χ3v) is 2.56. The maximum atomic E-state index is 11.8. The Hall–Kier alpha value is -1.75. The van der Waals surface area contributed by atoms with Crippen LogP contribution >= 0.6 is 0 Å². The van der Waals surface area contributed by atoms with Gasteiger partial charge in [0.25, 0.3) is 5.91 Å². The van der Waals surface area contributed by atoms with Crippen LogP contribution in [0.25, 0.3) is 0 Å². The van der Waals surface area contributed by atoms with Crippen LogP contribution in [0.5, 0.6) is 11.5 Å². The molecular weight excluding hydrogens is 232 g/mol. The van der Waals surface area contributed by atoms with Gasteiger partial charge in [0.1, 0.15) is 0 Å². The highest BCUT2D eigenvalue weighted by Crippen LogP contribution is 2.27. The Morgan fingerprint density at radius 3 is 2.67 bits per heavy atom. The van der Waals surface area contributed by atoms with E-state index in [1.165, 1.54) is 18.2 Å².